The molecule has 0 saturated carbocycles. The van der Waals surface area contributed by atoms with Crippen LogP contribution in [0.25, 0.3) is 11.5 Å². The van der Waals surface area contributed by atoms with E-state index in [1.807, 2.05) is 30.3 Å². The fraction of sp³-hybridized carbons (Fsp3) is 0.500. The Kier molecular flexibility index (Phi) is 4.62. The van der Waals surface area contributed by atoms with Crippen LogP contribution < -0.4 is 5.32 Å². The fourth-order valence-corrected chi connectivity index (χ4v) is 2.70. The minimum atomic E-state index is 0.426. The van der Waals surface area contributed by atoms with Crippen molar-refractivity contribution in [2.24, 2.45) is 0 Å². The molecule has 1 aromatic carbocycles. The van der Waals surface area contributed by atoms with Gasteiger partial charge in [-0.15, -0.1) is 10.2 Å². The van der Waals surface area contributed by atoms with Crippen molar-refractivity contribution in [3.8, 4) is 11.5 Å². The molecule has 0 amide bonds. The van der Waals surface area contributed by atoms with Crippen LogP contribution in [0.2, 0.25) is 0 Å². The molecule has 0 aliphatic carbocycles. The molecule has 5 nitrogen and oxygen atoms in total. The molecule has 1 saturated heterocycles. The summed E-state index contributed by atoms with van der Waals surface area (Å²) >= 11 is 0. The van der Waals surface area contributed by atoms with Crippen LogP contribution in [0, 0.1) is 0 Å². The van der Waals surface area contributed by atoms with Gasteiger partial charge in [-0.2, -0.15) is 0 Å². The molecular formula is C16H22N4O. The largest absolute Gasteiger partial charge is 0.419 e. The maximum absolute atomic E-state index is 5.69. The predicted molar refractivity (Wildman–Crippen MR) is 81.7 cm³/mol. The predicted octanol–water partition coefficient (Wildman–Crippen LogP) is 2.31. The van der Waals surface area contributed by atoms with E-state index < -0.39 is 0 Å². The van der Waals surface area contributed by atoms with Crippen LogP contribution in [0.3, 0.4) is 0 Å². The Morgan fingerprint density at radius 3 is 2.71 bits per heavy atom. The van der Waals surface area contributed by atoms with E-state index in [1.54, 1.807) is 0 Å². The molecular weight excluding hydrogens is 264 g/mol. The summed E-state index contributed by atoms with van der Waals surface area (Å²) in [5.41, 5.74) is 0.960. The number of likely N-dealkylation sites (tertiary alicyclic amines) is 1. The van der Waals surface area contributed by atoms with Crippen molar-refractivity contribution in [2.75, 3.05) is 19.6 Å². The number of hydrogen-bond acceptors (Lipinski definition) is 5. The van der Waals surface area contributed by atoms with E-state index >= 15 is 0 Å². The van der Waals surface area contributed by atoms with Crippen LogP contribution >= 0.6 is 0 Å². The van der Waals surface area contributed by atoms with Crippen molar-refractivity contribution >= 4 is 0 Å². The quantitative estimate of drug-likeness (QED) is 0.883. The first-order chi connectivity index (χ1) is 10.3. The lowest BCUT2D eigenvalue weighted by atomic mass is 10.2. The molecule has 1 unspecified atom stereocenters. The maximum atomic E-state index is 5.69. The molecule has 0 spiro atoms. The van der Waals surface area contributed by atoms with Crippen molar-refractivity contribution < 1.29 is 4.42 Å². The Morgan fingerprint density at radius 2 is 1.95 bits per heavy atom. The van der Waals surface area contributed by atoms with Crippen LogP contribution in [0.5, 0.6) is 0 Å². The van der Waals surface area contributed by atoms with E-state index in [0.29, 0.717) is 24.4 Å². The van der Waals surface area contributed by atoms with E-state index in [2.05, 4.69) is 27.3 Å². The highest BCUT2D eigenvalue weighted by molar-refractivity contribution is 5.51. The molecule has 1 aliphatic heterocycles. The molecule has 1 N–H and O–H groups in total. The van der Waals surface area contributed by atoms with Crippen molar-refractivity contribution in [3.05, 3.63) is 36.2 Å². The van der Waals surface area contributed by atoms with Gasteiger partial charge < -0.3 is 14.6 Å². The standard InChI is InChI=1S/C16H22N4O/c1-13(12-20-9-5-6-10-20)17-11-15-18-19-16(21-15)14-7-3-2-4-8-14/h2-4,7-8,13,17H,5-6,9-12H2,1H3. The molecule has 2 aromatic rings. The molecule has 1 aromatic heterocycles. The van der Waals surface area contributed by atoms with Gasteiger partial charge in [-0.05, 0) is 45.0 Å². The molecule has 21 heavy (non-hydrogen) atoms. The molecule has 1 fully saturated rings. The molecule has 3 rings (SSSR count). The summed E-state index contributed by atoms with van der Waals surface area (Å²) in [6, 6.07) is 10.3. The Hall–Kier alpha value is -1.72. The van der Waals surface area contributed by atoms with Gasteiger partial charge in [-0.25, -0.2) is 0 Å². The zero-order valence-electron chi connectivity index (χ0n) is 12.5. The van der Waals surface area contributed by atoms with E-state index in [4.69, 9.17) is 4.42 Å². The van der Waals surface area contributed by atoms with Gasteiger partial charge in [0, 0.05) is 18.2 Å². The lowest BCUT2D eigenvalue weighted by molar-refractivity contribution is 0.293. The average molecular weight is 286 g/mol. The Labute approximate surface area is 125 Å². The number of benzene rings is 1. The van der Waals surface area contributed by atoms with Crippen LogP contribution in [0.4, 0.5) is 0 Å². The second kappa shape index (κ2) is 6.83. The molecule has 0 bridgehead atoms. The van der Waals surface area contributed by atoms with Crippen LogP contribution in [0.15, 0.2) is 34.7 Å². The van der Waals surface area contributed by atoms with Crippen LogP contribution in [0.1, 0.15) is 25.7 Å². The number of nitrogens with zero attached hydrogens (tertiary/aromatic N) is 3. The highest BCUT2D eigenvalue weighted by Gasteiger charge is 2.15. The lowest BCUT2D eigenvalue weighted by Gasteiger charge is -2.20. The zero-order chi connectivity index (χ0) is 14.5. The van der Waals surface area contributed by atoms with Gasteiger partial charge in [0.05, 0.1) is 6.54 Å². The van der Waals surface area contributed by atoms with E-state index in [9.17, 15) is 0 Å². The van der Waals surface area contributed by atoms with Gasteiger partial charge in [0.15, 0.2) is 0 Å². The minimum absolute atomic E-state index is 0.426. The first-order valence-electron chi connectivity index (χ1n) is 7.65. The molecule has 1 aliphatic rings. The third-order valence-corrected chi connectivity index (χ3v) is 3.82. The average Bonchev–Trinajstić information content (AvgIpc) is 3.17. The number of aromatic nitrogens is 2. The Bertz CT molecular complexity index is 548. The topological polar surface area (TPSA) is 54.2 Å². The third kappa shape index (κ3) is 3.89. The lowest BCUT2D eigenvalue weighted by Crippen LogP contribution is -2.37. The normalized spacial score (nSPS) is 17.2. The Morgan fingerprint density at radius 1 is 1.19 bits per heavy atom. The van der Waals surface area contributed by atoms with Crippen molar-refractivity contribution in [3.63, 3.8) is 0 Å². The maximum Gasteiger partial charge on any atom is 0.247 e. The zero-order valence-corrected chi connectivity index (χ0v) is 12.5. The van der Waals surface area contributed by atoms with Gasteiger partial charge in [0.25, 0.3) is 0 Å². The van der Waals surface area contributed by atoms with Crippen molar-refractivity contribution in [1.82, 2.24) is 20.4 Å². The summed E-state index contributed by atoms with van der Waals surface area (Å²) < 4.78 is 5.69. The second-order valence-electron chi connectivity index (χ2n) is 5.66. The highest BCUT2D eigenvalue weighted by Crippen LogP contribution is 2.16. The van der Waals surface area contributed by atoms with Crippen molar-refractivity contribution in [2.45, 2.75) is 32.4 Å². The van der Waals surface area contributed by atoms with Gasteiger partial charge in [0.2, 0.25) is 11.8 Å². The SMILES string of the molecule is CC(CN1CCCC1)NCc1nnc(-c2ccccc2)o1. The summed E-state index contributed by atoms with van der Waals surface area (Å²) in [6.45, 7) is 6.36. The van der Waals surface area contributed by atoms with Gasteiger partial charge in [0.1, 0.15) is 0 Å². The smallest absolute Gasteiger partial charge is 0.247 e. The number of rotatable bonds is 6. The van der Waals surface area contributed by atoms with Crippen molar-refractivity contribution in [1.29, 1.82) is 0 Å². The summed E-state index contributed by atoms with van der Waals surface area (Å²) in [5.74, 6) is 1.22. The minimum Gasteiger partial charge on any atom is -0.419 e. The van der Waals surface area contributed by atoms with Crippen LogP contribution in [-0.2, 0) is 6.54 Å². The van der Waals surface area contributed by atoms with Gasteiger partial charge >= 0.3 is 0 Å². The first-order valence-corrected chi connectivity index (χ1v) is 7.65. The molecule has 2 heterocycles. The Balaban J connectivity index is 1.50. The highest BCUT2D eigenvalue weighted by atomic mass is 16.4. The summed E-state index contributed by atoms with van der Waals surface area (Å²) in [6.07, 6.45) is 2.66. The fourth-order valence-electron chi connectivity index (χ4n) is 2.70. The van der Waals surface area contributed by atoms with Gasteiger partial charge in [-0.3, -0.25) is 0 Å². The molecule has 5 heteroatoms. The molecule has 112 valence electrons. The molecule has 1 atom stereocenters. The summed E-state index contributed by atoms with van der Waals surface area (Å²) in [5, 5.41) is 11.7. The summed E-state index contributed by atoms with van der Waals surface area (Å²) in [7, 11) is 0. The van der Waals surface area contributed by atoms with E-state index in [0.717, 1.165) is 12.1 Å². The van der Waals surface area contributed by atoms with Crippen LogP contribution in [-0.4, -0.2) is 40.8 Å². The monoisotopic (exact) mass is 286 g/mol. The second-order valence-corrected chi connectivity index (χ2v) is 5.66. The first kappa shape index (κ1) is 14.2. The molecule has 0 radical (unpaired) electrons. The van der Waals surface area contributed by atoms with E-state index in [1.165, 1.54) is 25.9 Å². The summed E-state index contributed by atoms with van der Waals surface area (Å²) in [4.78, 5) is 2.50. The van der Waals surface area contributed by atoms with E-state index in [-0.39, 0.29) is 0 Å². The number of hydrogen-bond donors (Lipinski definition) is 1. The van der Waals surface area contributed by atoms with Gasteiger partial charge in [-0.1, -0.05) is 18.2 Å². The number of nitrogens with one attached hydrogen (secondary N) is 1. The third-order valence-electron chi connectivity index (χ3n) is 3.82.